The molecule has 1 aliphatic rings. The van der Waals surface area contributed by atoms with Gasteiger partial charge in [0, 0.05) is 17.3 Å². The fraction of sp³-hybridized carbons (Fsp3) is 0.556. The van der Waals surface area contributed by atoms with Crippen LogP contribution in [0.25, 0.3) is 10.1 Å². The van der Waals surface area contributed by atoms with Gasteiger partial charge in [0.25, 0.3) is 0 Å². The molecule has 21 heavy (non-hydrogen) atoms. The van der Waals surface area contributed by atoms with Gasteiger partial charge < -0.3 is 5.73 Å². The van der Waals surface area contributed by atoms with Gasteiger partial charge in [0.05, 0.1) is 0 Å². The van der Waals surface area contributed by atoms with Crippen LogP contribution >= 0.6 is 11.3 Å². The molecule has 2 unspecified atom stereocenters. The van der Waals surface area contributed by atoms with Gasteiger partial charge in [-0.2, -0.15) is 0 Å². The highest BCUT2D eigenvalue weighted by Gasteiger charge is 2.24. The smallest absolute Gasteiger partial charge is 0.0484 e. The van der Waals surface area contributed by atoms with E-state index in [1.807, 2.05) is 11.3 Å². The van der Waals surface area contributed by atoms with Crippen LogP contribution in [0.4, 0.5) is 0 Å². The lowest BCUT2D eigenvalue weighted by Crippen LogP contribution is -2.34. The number of thiophene rings is 1. The topological polar surface area (TPSA) is 29.3 Å². The standard InChI is InChI=1S/C18H26N2S/c1-2-14-6-5-10-20(11-9-14)17(12-19)16-13-21-18-8-4-3-7-15(16)18/h3-4,7-8,13-14,17H,2,5-6,9-12,19H2,1H3. The molecule has 2 nitrogen and oxygen atoms in total. The second-order valence-electron chi connectivity index (χ2n) is 6.18. The van der Waals surface area contributed by atoms with Crippen molar-refractivity contribution in [3.63, 3.8) is 0 Å². The molecule has 1 aromatic carbocycles. The molecule has 0 saturated carbocycles. The van der Waals surface area contributed by atoms with Crippen molar-refractivity contribution < 1.29 is 0 Å². The molecule has 1 aromatic heterocycles. The summed E-state index contributed by atoms with van der Waals surface area (Å²) in [6.45, 7) is 5.44. The van der Waals surface area contributed by atoms with Gasteiger partial charge in [0.2, 0.25) is 0 Å². The monoisotopic (exact) mass is 302 g/mol. The fourth-order valence-electron chi connectivity index (χ4n) is 3.64. The molecular formula is C18H26N2S. The normalized spacial score (nSPS) is 22.3. The number of likely N-dealkylation sites (tertiary alicyclic amines) is 1. The lowest BCUT2D eigenvalue weighted by atomic mass is 9.98. The zero-order valence-corrected chi connectivity index (χ0v) is 13.7. The van der Waals surface area contributed by atoms with E-state index in [0.29, 0.717) is 6.04 Å². The van der Waals surface area contributed by atoms with Crippen LogP contribution in [-0.4, -0.2) is 24.5 Å². The van der Waals surface area contributed by atoms with Crippen molar-refractivity contribution in [2.45, 2.75) is 38.6 Å². The molecule has 0 radical (unpaired) electrons. The van der Waals surface area contributed by atoms with Crippen molar-refractivity contribution >= 4 is 21.4 Å². The Morgan fingerprint density at radius 2 is 2.14 bits per heavy atom. The lowest BCUT2D eigenvalue weighted by Gasteiger charge is -2.29. The predicted octanol–water partition coefficient (Wildman–Crippen LogP) is 4.41. The molecule has 0 spiro atoms. The molecule has 1 saturated heterocycles. The molecule has 3 heteroatoms. The highest BCUT2D eigenvalue weighted by Crippen LogP contribution is 2.34. The Bertz CT molecular complexity index is 577. The summed E-state index contributed by atoms with van der Waals surface area (Å²) in [6, 6.07) is 9.11. The maximum absolute atomic E-state index is 6.17. The minimum atomic E-state index is 0.386. The van der Waals surface area contributed by atoms with Gasteiger partial charge >= 0.3 is 0 Å². The Kier molecular flexibility index (Phi) is 4.94. The molecule has 2 aromatic rings. The van der Waals surface area contributed by atoms with Crippen LogP contribution in [0.15, 0.2) is 29.6 Å². The highest BCUT2D eigenvalue weighted by atomic mass is 32.1. The van der Waals surface area contributed by atoms with Crippen LogP contribution in [0.2, 0.25) is 0 Å². The highest BCUT2D eigenvalue weighted by molar-refractivity contribution is 7.17. The Morgan fingerprint density at radius 1 is 1.29 bits per heavy atom. The Balaban J connectivity index is 1.84. The number of benzene rings is 1. The van der Waals surface area contributed by atoms with Gasteiger partial charge in [-0.25, -0.2) is 0 Å². The van der Waals surface area contributed by atoms with E-state index in [0.717, 1.165) is 12.5 Å². The summed E-state index contributed by atoms with van der Waals surface area (Å²) in [6.07, 6.45) is 5.35. The summed E-state index contributed by atoms with van der Waals surface area (Å²) in [7, 11) is 0. The number of fused-ring (bicyclic) bond motifs is 1. The number of hydrogen-bond donors (Lipinski definition) is 1. The van der Waals surface area contributed by atoms with Crippen LogP contribution < -0.4 is 5.73 Å². The van der Waals surface area contributed by atoms with E-state index in [1.54, 1.807) is 0 Å². The number of nitrogens with two attached hydrogens (primary N) is 1. The fourth-order valence-corrected chi connectivity index (χ4v) is 4.64. The summed E-state index contributed by atoms with van der Waals surface area (Å²) >= 11 is 1.85. The second-order valence-corrected chi connectivity index (χ2v) is 7.09. The first-order valence-corrected chi connectivity index (χ1v) is 9.11. The number of nitrogens with zero attached hydrogens (tertiary/aromatic N) is 1. The number of hydrogen-bond acceptors (Lipinski definition) is 3. The predicted molar refractivity (Wildman–Crippen MR) is 92.8 cm³/mol. The van der Waals surface area contributed by atoms with Crippen molar-refractivity contribution in [3.8, 4) is 0 Å². The van der Waals surface area contributed by atoms with Crippen LogP contribution in [0, 0.1) is 5.92 Å². The third-order valence-electron chi connectivity index (χ3n) is 4.99. The summed E-state index contributed by atoms with van der Waals surface area (Å²) in [5.74, 6) is 0.910. The first kappa shape index (κ1) is 15.0. The van der Waals surface area contributed by atoms with Crippen LogP contribution in [0.3, 0.4) is 0 Å². The van der Waals surface area contributed by atoms with Crippen LogP contribution in [-0.2, 0) is 0 Å². The largest absolute Gasteiger partial charge is 0.329 e. The van der Waals surface area contributed by atoms with Gasteiger partial charge in [-0.3, -0.25) is 4.90 Å². The van der Waals surface area contributed by atoms with Crippen molar-refractivity contribution in [1.29, 1.82) is 0 Å². The maximum Gasteiger partial charge on any atom is 0.0484 e. The number of rotatable bonds is 4. The van der Waals surface area contributed by atoms with E-state index in [9.17, 15) is 0 Å². The SMILES string of the molecule is CCC1CCCN(C(CN)c2csc3ccccc23)CC1. The average Bonchev–Trinajstić information content (AvgIpc) is 2.79. The van der Waals surface area contributed by atoms with E-state index < -0.39 is 0 Å². The molecule has 2 N–H and O–H groups in total. The molecule has 2 atom stereocenters. The first-order valence-electron chi connectivity index (χ1n) is 8.23. The summed E-state index contributed by atoms with van der Waals surface area (Å²) in [5, 5.41) is 3.72. The summed E-state index contributed by atoms with van der Waals surface area (Å²) in [5.41, 5.74) is 7.60. The Hall–Kier alpha value is -0.900. The van der Waals surface area contributed by atoms with Crippen LogP contribution in [0.1, 0.15) is 44.2 Å². The van der Waals surface area contributed by atoms with Crippen molar-refractivity contribution in [2.75, 3.05) is 19.6 Å². The molecule has 0 aliphatic carbocycles. The van der Waals surface area contributed by atoms with Crippen molar-refractivity contribution in [3.05, 3.63) is 35.2 Å². The molecule has 3 rings (SSSR count). The van der Waals surface area contributed by atoms with Gasteiger partial charge in [0.15, 0.2) is 0 Å². The van der Waals surface area contributed by atoms with Gasteiger partial charge in [-0.1, -0.05) is 31.5 Å². The molecule has 0 bridgehead atoms. The van der Waals surface area contributed by atoms with E-state index >= 15 is 0 Å². The van der Waals surface area contributed by atoms with Gasteiger partial charge in [0.1, 0.15) is 0 Å². The van der Waals surface area contributed by atoms with Crippen LogP contribution in [0.5, 0.6) is 0 Å². The summed E-state index contributed by atoms with van der Waals surface area (Å²) in [4.78, 5) is 2.63. The Morgan fingerprint density at radius 3 is 2.95 bits per heavy atom. The van der Waals surface area contributed by atoms with E-state index in [-0.39, 0.29) is 0 Å². The molecule has 2 heterocycles. The minimum Gasteiger partial charge on any atom is -0.329 e. The first-order chi connectivity index (χ1) is 10.3. The maximum atomic E-state index is 6.17. The quantitative estimate of drug-likeness (QED) is 0.906. The molecule has 114 valence electrons. The summed E-state index contributed by atoms with van der Waals surface area (Å²) < 4.78 is 1.38. The van der Waals surface area contributed by atoms with Gasteiger partial charge in [-0.15, -0.1) is 11.3 Å². The minimum absolute atomic E-state index is 0.386. The lowest BCUT2D eigenvalue weighted by molar-refractivity contribution is 0.208. The third-order valence-corrected chi connectivity index (χ3v) is 5.98. The Labute approximate surface area is 131 Å². The van der Waals surface area contributed by atoms with E-state index in [2.05, 4.69) is 41.5 Å². The van der Waals surface area contributed by atoms with Crippen molar-refractivity contribution in [1.82, 2.24) is 4.90 Å². The van der Waals surface area contributed by atoms with Gasteiger partial charge in [-0.05, 0) is 60.7 Å². The zero-order valence-electron chi connectivity index (χ0n) is 12.9. The second kappa shape index (κ2) is 6.91. The zero-order chi connectivity index (χ0) is 14.7. The van der Waals surface area contributed by atoms with Crippen molar-refractivity contribution in [2.24, 2.45) is 11.7 Å². The van der Waals surface area contributed by atoms with E-state index in [4.69, 9.17) is 5.73 Å². The molecular weight excluding hydrogens is 276 g/mol. The third kappa shape index (κ3) is 3.15. The molecule has 1 aliphatic heterocycles. The molecule has 1 fully saturated rings. The van der Waals surface area contributed by atoms with E-state index in [1.165, 1.54) is 54.4 Å². The average molecular weight is 302 g/mol. The molecule has 0 amide bonds.